The highest BCUT2D eigenvalue weighted by molar-refractivity contribution is 7.89. The van der Waals surface area contributed by atoms with E-state index in [0.717, 1.165) is 19.3 Å². The zero-order chi connectivity index (χ0) is 20.6. The van der Waals surface area contributed by atoms with Gasteiger partial charge in [-0.05, 0) is 56.2 Å². The largest absolute Gasteiger partial charge is 0.323 e. The van der Waals surface area contributed by atoms with Crippen molar-refractivity contribution in [2.75, 3.05) is 23.3 Å². The second-order valence-corrected chi connectivity index (χ2v) is 9.33. The van der Waals surface area contributed by atoms with Crippen molar-refractivity contribution in [3.63, 3.8) is 0 Å². The van der Waals surface area contributed by atoms with E-state index in [4.69, 9.17) is 0 Å². The van der Waals surface area contributed by atoms with E-state index in [0.29, 0.717) is 23.5 Å². The van der Waals surface area contributed by atoms with Gasteiger partial charge in [0.15, 0.2) is 0 Å². The summed E-state index contributed by atoms with van der Waals surface area (Å²) >= 11 is 0. The number of hydrogen-bond acceptors (Lipinski definition) is 4. The van der Waals surface area contributed by atoms with Crippen LogP contribution in [0.2, 0.25) is 0 Å². The fourth-order valence-electron chi connectivity index (χ4n) is 3.90. The molecule has 1 atom stereocenters. The van der Waals surface area contributed by atoms with Gasteiger partial charge in [0.2, 0.25) is 15.9 Å². The summed E-state index contributed by atoms with van der Waals surface area (Å²) in [6.45, 7) is 2.36. The molecule has 2 aromatic carbocycles. The van der Waals surface area contributed by atoms with Gasteiger partial charge >= 0.3 is 0 Å². The Morgan fingerprint density at radius 2 is 1.79 bits per heavy atom. The van der Waals surface area contributed by atoms with Crippen LogP contribution >= 0.6 is 0 Å². The molecule has 1 saturated heterocycles. The van der Waals surface area contributed by atoms with Gasteiger partial charge < -0.3 is 5.32 Å². The zero-order valence-corrected chi connectivity index (χ0v) is 17.0. The highest BCUT2D eigenvalue weighted by atomic mass is 32.2. The Kier molecular flexibility index (Phi) is 5.14. The van der Waals surface area contributed by atoms with Crippen LogP contribution in [-0.2, 0) is 14.8 Å². The van der Waals surface area contributed by atoms with Crippen molar-refractivity contribution in [2.45, 2.75) is 37.1 Å². The van der Waals surface area contributed by atoms with Crippen molar-refractivity contribution < 1.29 is 18.0 Å². The van der Waals surface area contributed by atoms with Crippen LogP contribution in [0.3, 0.4) is 0 Å². The van der Waals surface area contributed by atoms with E-state index >= 15 is 0 Å². The highest BCUT2D eigenvalue weighted by Gasteiger charge is 2.32. The predicted molar refractivity (Wildman–Crippen MR) is 110 cm³/mol. The number of anilines is 2. The number of benzene rings is 2. The number of rotatable bonds is 3. The second kappa shape index (κ2) is 7.61. The number of para-hydroxylation sites is 2. The van der Waals surface area contributed by atoms with Gasteiger partial charge in [0.1, 0.15) is 6.54 Å². The van der Waals surface area contributed by atoms with E-state index in [9.17, 15) is 18.0 Å². The summed E-state index contributed by atoms with van der Waals surface area (Å²) in [4.78, 5) is 26.6. The van der Waals surface area contributed by atoms with Gasteiger partial charge in [0, 0.05) is 18.2 Å². The van der Waals surface area contributed by atoms with Gasteiger partial charge in [0.25, 0.3) is 5.91 Å². The van der Waals surface area contributed by atoms with E-state index in [2.05, 4.69) is 5.32 Å². The van der Waals surface area contributed by atoms with Crippen molar-refractivity contribution in [2.24, 2.45) is 0 Å². The average molecular weight is 413 g/mol. The van der Waals surface area contributed by atoms with Gasteiger partial charge in [-0.25, -0.2) is 8.42 Å². The van der Waals surface area contributed by atoms with E-state index < -0.39 is 10.0 Å². The van der Waals surface area contributed by atoms with Crippen LogP contribution in [0.5, 0.6) is 0 Å². The van der Waals surface area contributed by atoms with Crippen LogP contribution in [0.15, 0.2) is 53.4 Å². The molecule has 0 aromatic heterocycles. The lowest BCUT2D eigenvalue weighted by Gasteiger charge is -2.32. The Hall–Kier alpha value is -2.71. The first-order chi connectivity index (χ1) is 13.9. The molecule has 4 rings (SSSR count). The smallest absolute Gasteiger partial charge is 0.258 e. The minimum absolute atomic E-state index is 0.0292. The summed E-state index contributed by atoms with van der Waals surface area (Å²) in [7, 11) is -3.59. The molecule has 0 bridgehead atoms. The molecule has 1 N–H and O–H groups in total. The maximum absolute atomic E-state index is 13.0. The summed E-state index contributed by atoms with van der Waals surface area (Å²) in [5, 5.41) is 2.75. The summed E-state index contributed by atoms with van der Waals surface area (Å²) in [6, 6.07) is 13.0. The van der Waals surface area contributed by atoms with E-state index in [1.807, 2.05) is 6.92 Å². The molecule has 2 aliphatic heterocycles. The third kappa shape index (κ3) is 3.65. The van der Waals surface area contributed by atoms with Crippen molar-refractivity contribution in [3.05, 3.63) is 54.1 Å². The molecular formula is C21H23N3O4S. The fourth-order valence-corrected chi connectivity index (χ4v) is 5.60. The minimum Gasteiger partial charge on any atom is -0.323 e. The number of sulfonamides is 1. The van der Waals surface area contributed by atoms with Crippen molar-refractivity contribution >= 4 is 33.2 Å². The lowest BCUT2D eigenvalue weighted by Crippen LogP contribution is -2.42. The minimum atomic E-state index is -3.59. The van der Waals surface area contributed by atoms with Crippen molar-refractivity contribution in [3.8, 4) is 0 Å². The molecule has 0 unspecified atom stereocenters. The molecule has 1 fully saturated rings. The number of amides is 2. The number of fused-ring (bicyclic) bond motifs is 1. The molecule has 152 valence electrons. The summed E-state index contributed by atoms with van der Waals surface area (Å²) < 4.78 is 27.5. The van der Waals surface area contributed by atoms with Crippen LogP contribution in [0, 0.1) is 0 Å². The lowest BCUT2D eigenvalue weighted by atomic mass is 10.1. The molecule has 2 heterocycles. The molecule has 29 heavy (non-hydrogen) atoms. The van der Waals surface area contributed by atoms with Crippen LogP contribution in [-0.4, -0.2) is 43.7 Å². The zero-order valence-electron chi connectivity index (χ0n) is 16.2. The molecule has 0 radical (unpaired) electrons. The fraction of sp³-hybridized carbons (Fsp3) is 0.333. The normalized spacial score (nSPS) is 20.1. The van der Waals surface area contributed by atoms with Crippen LogP contribution < -0.4 is 10.2 Å². The van der Waals surface area contributed by atoms with Crippen molar-refractivity contribution in [1.29, 1.82) is 0 Å². The highest BCUT2D eigenvalue weighted by Crippen LogP contribution is 2.30. The Morgan fingerprint density at radius 1 is 1.07 bits per heavy atom. The van der Waals surface area contributed by atoms with Crippen LogP contribution in [0.4, 0.5) is 11.4 Å². The molecule has 8 heteroatoms. The number of carbonyl (C=O) groups excluding carboxylic acids is 2. The standard InChI is InChI=1S/C21H23N3O4S/c1-15-6-4-5-13-24(15)29(27,28)17-11-9-16(10-12-17)21(26)23-14-20(25)22-18-7-2-3-8-19(18)23/h2-3,7-12,15H,4-6,13-14H2,1H3,(H,22,25)/t15-/m0/s1. The maximum Gasteiger partial charge on any atom is 0.258 e. The van der Waals surface area contributed by atoms with Crippen molar-refractivity contribution in [1.82, 2.24) is 4.31 Å². The van der Waals surface area contributed by atoms with Gasteiger partial charge in [-0.3, -0.25) is 14.5 Å². The first-order valence-corrected chi connectivity index (χ1v) is 11.1. The summed E-state index contributed by atoms with van der Waals surface area (Å²) in [5.74, 6) is -0.613. The Bertz CT molecular complexity index is 1050. The lowest BCUT2D eigenvalue weighted by molar-refractivity contribution is -0.115. The first-order valence-electron chi connectivity index (χ1n) is 9.70. The van der Waals surface area contributed by atoms with Crippen LogP contribution in [0.1, 0.15) is 36.5 Å². The Balaban J connectivity index is 1.60. The molecule has 2 amide bonds. The maximum atomic E-state index is 13.0. The molecule has 0 aliphatic carbocycles. The molecule has 2 aliphatic rings. The van der Waals surface area contributed by atoms with Gasteiger partial charge in [0.05, 0.1) is 16.3 Å². The summed E-state index contributed by atoms with van der Waals surface area (Å²) in [5.41, 5.74) is 1.53. The third-order valence-electron chi connectivity index (χ3n) is 5.47. The molecule has 7 nitrogen and oxygen atoms in total. The number of hydrogen-bond donors (Lipinski definition) is 1. The van der Waals surface area contributed by atoms with E-state index in [1.165, 1.54) is 29.2 Å². The molecule has 2 aromatic rings. The van der Waals surface area contributed by atoms with E-state index in [-0.39, 0.29) is 29.3 Å². The van der Waals surface area contributed by atoms with Gasteiger partial charge in [-0.15, -0.1) is 0 Å². The van der Waals surface area contributed by atoms with E-state index in [1.54, 1.807) is 28.6 Å². The Morgan fingerprint density at radius 3 is 2.52 bits per heavy atom. The quantitative estimate of drug-likeness (QED) is 0.838. The Labute approximate surface area is 170 Å². The molecule has 0 spiro atoms. The number of nitrogens with one attached hydrogen (secondary N) is 1. The topological polar surface area (TPSA) is 86.8 Å². The third-order valence-corrected chi connectivity index (χ3v) is 7.49. The number of piperidine rings is 1. The second-order valence-electron chi connectivity index (χ2n) is 7.44. The SMILES string of the molecule is C[C@H]1CCCCN1S(=O)(=O)c1ccc(C(=O)N2CC(=O)Nc3ccccc32)cc1. The number of nitrogens with zero attached hydrogens (tertiary/aromatic N) is 2. The van der Waals surface area contributed by atoms with Crippen LogP contribution in [0.25, 0.3) is 0 Å². The molecular weight excluding hydrogens is 390 g/mol. The monoisotopic (exact) mass is 413 g/mol. The molecule has 0 saturated carbocycles. The summed E-state index contributed by atoms with van der Waals surface area (Å²) in [6.07, 6.45) is 2.74. The first kappa shape index (κ1) is 19.6. The predicted octanol–water partition coefficient (Wildman–Crippen LogP) is 2.85. The van der Waals surface area contributed by atoms with Gasteiger partial charge in [-0.1, -0.05) is 18.6 Å². The average Bonchev–Trinajstić information content (AvgIpc) is 2.73. The van der Waals surface area contributed by atoms with Gasteiger partial charge in [-0.2, -0.15) is 4.31 Å². The number of carbonyl (C=O) groups is 2.